The van der Waals surface area contributed by atoms with Crippen LogP contribution in [0.2, 0.25) is 5.02 Å². The van der Waals surface area contributed by atoms with Gasteiger partial charge in [0, 0.05) is 37.4 Å². The molecular weight excluding hydrogens is 537 g/mol. The minimum absolute atomic E-state index is 0.0110. The molecule has 1 unspecified atom stereocenters. The number of fused-ring (bicyclic) bond motifs is 6. The summed E-state index contributed by atoms with van der Waals surface area (Å²) in [6.45, 7) is 0.367. The highest BCUT2D eigenvalue weighted by Gasteiger charge is 2.28. The highest BCUT2D eigenvalue weighted by atomic mass is 35.5. The zero-order chi connectivity index (χ0) is 26.9. The maximum Gasteiger partial charge on any atom is 0.265 e. The summed E-state index contributed by atoms with van der Waals surface area (Å²) >= 11 is 6.07. The molecule has 4 rings (SSSR count). The summed E-state index contributed by atoms with van der Waals surface area (Å²) in [5.41, 5.74) is -1.10. The summed E-state index contributed by atoms with van der Waals surface area (Å²) in [5.74, 6) is -3.89. The van der Waals surface area contributed by atoms with Crippen molar-refractivity contribution in [1.82, 2.24) is 4.90 Å². The number of hydrogen-bond donors (Lipinski definition) is 3. The van der Waals surface area contributed by atoms with Gasteiger partial charge in [0.25, 0.3) is 10.0 Å². The first-order valence-corrected chi connectivity index (χ1v) is 12.8. The van der Waals surface area contributed by atoms with Gasteiger partial charge < -0.3 is 19.7 Å². The van der Waals surface area contributed by atoms with Gasteiger partial charge in [-0.1, -0.05) is 11.6 Å². The van der Waals surface area contributed by atoms with Crippen molar-refractivity contribution in [3.05, 3.63) is 70.5 Å². The van der Waals surface area contributed by atoms with E-state index >= 15 is 0 Å². The second kappa shape index (κ2) is 10.8. The van der Waals surface area contributed by atoms with Gasteiger partial charge in [-0.25, -0.2) is 21.6 Å². The fourth-order valence-corrected chi connectivity index (χ4v) is 5.36. The zero-order valence-corrected chi connectivity index (χ0v) is 20.9. The Hall–Kier alpha value is -3.03. The summed E-state index contributed by atoms with van der Waals surface area (Å²) in [6, 6.07) is 6.78. The average Bonchev–Trinajstić information content (AvgIpc) is 2.84. The Labute approximate surface area is 215 Å². The van der Waals surface area contributed by atoms with Crippen LogP contribution in [0.3, 0.4) is 0 Å². The van der Waals surface area contributed by atoms with E-state index in [9.17, 15) is 31.8 Å². The van der Waals surface area contributed by atoms with Crippen molar-refractivity contribution in [1.29, 1.82) is 0 Å². The van der Waals surface area contributed by atoms with Crippen molar-refractivity contribution in [2.24, 2.45) is 0 Å². The maximum atomic E-state index is 14.8. The molecule has 8 nitrogen and oxygen atoms in total. The number of methoxy groups -OCH3 is 1. The molecule has 0 spiro atoms. The van der Waals surface area contributed by atoms with E-state index in [-0.39, 0.29) is 53.8 Å². The number of sulfonamides is 1. The van der Waals surface area contributed by atoms with Crippen molar-refractivity contribution in [2.45, 2.75) is 11.1 Å². The number of ether oxygens (including phenoxy) is 2. The molecule has 1 aliphatic heterocycles. The topological polar surface area (TPSA) is 108 Å². The molecular formula is C24H22ClF3N2O6S. The smallest absolute Gasteiger partial charge is 0.265 e. The molecule has 13 heteroatoms. The van der Waals surface area contributed by atoms with Gasteiger partial charge in [0.1, 0.15) is 40.9 Å². The molecule has 0 aliphatic carbocycles. The SMILES string of the molecule is COCCN1CCOc2ccc(F)cc2-c2cc(c(F)cc2F)NS(=O)(=O)c2cc(cc(Cl)c2O)C1O. The molecule has 198 valence electrons. The Bertz CT molecular complexity index is 1440. The molecule has 0 fully saturated rings. The van der Waals surface area contributed by atoms with Crippen molar-refractivity contribution in [2.75, 3.05) is 38.1 Å². The van der Waals surface area contributed by atoms with Crippen LogP contribution in [0.4, 0.5) is 18.9 Å². The number of nitrogens with one attached hydrogen (secondary N) is 1. The van der Waals surface area contributed by atoms with Crippen molar-refractivity contribution in [3.63, 3.8) is 0 Å². The Morgan fingerprint density at radius 2 is 1.89 bits per heavy atom. The Morgan fingerprint density at radius 3 is 2.62 bits per heavy atom. The first-order valence-electron chi connectivity index (χ1n) is 10.9. The summed E-state index contributed by atoms with van der Waals surface area (Å²) in [6.07, 6.45) is -1.42. The summed E-state index contributed by atoms with van der Waals surface area (Å²) in [7, 11) is -3.26. The number of hydrogen-bond acceptors (Lipinski definition) is 7. The van der Waals surface area contributed by atoms with Crippen LogP contribution < -0.4 is 9.46 Å². The molecule has 0 aromatic heterocycles. The van der Waals surface area contributed by atoms with E-state index in [0.717, 1.165) is 24.3 Å². The van der Waals surface area contributed by atoms with E-state index in [2.05, 4.69) is 0 Å². The molecule has 0 saturated carbocycles. The first kappa shape index (κ1) is 27.0. The lowest BCUT2D eigenvalue weighted by atomic mass is 10.0. The largest absolute Gasteiger partial charge is 0.505 e. The van der Waals surface area contributed by atoms with Crippen LogP contribution in [0.15, 0.2) is 47.4 Å². The second-order valence-corrected chi connectivity index (χ2v) is 10.2. The van der Waals surface area contributed by atoms with Gasteiger partial charge in [-0.3, -0.25) is 9.62 Å². The lowest BCUT2D eigenvalue weighted by Crippen LogP contribution is -2.35. The van der Waals surface area contributed by atoms with Crippen LogP contribution in [0, 0.1) is 17.5 Å². The molecule has 3 N–H and O–H groups in total. The molecule has 0 saturated heterocycles. The van der Waals surface area contributed by atoms with Crippen molar-refractivity contribution >= 4 is 27.3 Å². The number of aliphatic hydroxyl groups excluding tert-OH is 1. The number of aliphatic hydroxyl groups is 1. The van der Waals surface area contributed by atoms with E-state index in [0.29, 0.717) is 6.07 Å². The van der Waals surface area contributed by atoms with Gasteiger partial charge in [-0.05, 0) is 42.0 Å². The van der Waals surface area contributed by atoms with Gasteiger partial charge in [0.15, 0.2) is 5.75 Å². The van der Waals surface area contributed by atoms with Crippen molar-refractivity contribution < 1.29 is 41.3 Å². The predicted octanol–water partition coefficient (Wildman–Crippen LogP) is 4.26. The average molecular weight is 559 g/mol. The number of aromatic hydroxyl groups is 1. The molecule has 1 atom stereocenters. The number of phenolic OH excluding ortho intramolecular Hbond substituents is 1. The third-order valence-electron chi connectivity index (χ3n) is 5.74. The van der Waals surface area contributed by atoms with Crippen LogP contribution >= 0.6 is 11.6 Å². The van der Waals surface area contributed by atoms with Crippen LogP contribution in [-0.4, -0.2) is 56.9 Å². The Kier molecular flexibility index (Phi) is 7.85. The Morgan fingerprint density at radius 1 is 1.14 bits per heavy atom. The molecule has 4 bridgehead atoms. The summed E-state index contributed by atoms with van der Waals surface area (Å²) < 4.78 is 82.8. The predicted molar refractivity (Wildman–Crippen MR) is 130 cm³/mol. The number of benzene rings is 3. The van der Waals surface area contributed by atoms with Gasteiger partial charge in [-0.15, -0.1) is 0 Å². The third-order valence-corrected chi connectivity index (χ3v) is 7.40. The lowest BCUT2D eigenvalue weighted by molar-refractivity contribution is -0.0182. The van der Waals surface area contributed by atoms with E-state index in [4.69, 9.17) is 21.1 Å². The molecule has 0 amide bonds. The minimum Gasteiger partial charge on any atom is -0.505 e. The van der Waals surface area contributed by atoms with E-state index < -0.39 is 50.0 Å². The Balaban J connectivity index is 1.93. The van der Waals surface area contributed by atoms with E-state index in [1.165, 1.54) is 24.1 Å². The van der Waals surface area contributed by atoms with Gasteiger partial charge in [0.05, 0.1) is 17.3 Å². The normalized spacial score (nSPS) is 17.6. The first-order chi connectivity index (χ1) is 17.5. The minimum atomic E-state index is -4.72. The van der Waals surface area contributed by atoms with Crippen LogP contribution in [0.5, 0.6) is 11.5 Å². The quantitative estimate of drug-likeness (QED) is 0.441. The maximum absolute atomic E-state index is 14.8. The highest BCUT2D eigenvalue weighted by molar-refractivity contribution is 7.92. The molecule has 0 radical (unpaired) electrons. The summed E-state index contributed by atoms with van der Waals surface area (Å²) in [5, 5.41) is 21.1. The molecule has 37 heavy (non-hydrogen) atoms. The third kappa shape index (κ3) is 5.63. The molecule has 1 aliphatic rings. The fourth-order valence-electron chi connectivity index (χ4n) is 3.87. The lowest BCUT2D eigenvalue weighted by Gasteiger charge is -2.28. The molecule has 1 heterocycles. The fraction of sp³-hybridized carbons (Fsp3) is 0.250. The number of rotatable bonds is 3. The van der Waals surface area contributed by atoms with Crippen molar-refractivity contribution in [3.8, 4) is 22.6 Å². The number of phenols is 1. The second-order valence-electron chi connectivity index (χ2n) is 8.16. The van der Waals surface area contributed by atoms with Crippen LogP contribution in [0.1, 0.15) is 11.8 Å². The summed E-state index contributed by atoms with van der Waals surface area (Å²) in [4.78, 5) is 0.739. The standard InChI is InChI=1S/C24H22ClF3N2O6S/c1-35-6-4-30-5-7-36-21-3-2-14(26)10-16(21)15-11-20(19(28)12-18(15)27)29-37(33,34)22-9-13(24(30)32)8-17(25)23(22)31/h2-3,8-12,24,29,31-32H,4-7H2,1H3. The van der Waals surface area contributed by atoms with Crippen LogP contribution in [-0.2, 0) is 14.8 Å². The van der Waals surface area contributed by atoms with E-state index in [1.54, 1.807) is 0 Å². The highest BCUT2D eigenvalue weighted by Crippen LogP contribution is 2.39. The van der Waals surface area contributed by atoms with E-state index in [1.807, 2.05) is 4.72 Å². The molecule has 3 aromatic rings. The van der Waals surface area contributed by atoms with Gasteiger partial charge in [-0.2, -0.15) is 0 Å². The number of nitrogens with zero attached hydrogens (tertiary/aromatic N) is 1. The van der Waals surface area contributed by atoms with Gasteiger partial charge in [0.2, 0.25) is 0 Å². The molecule has 3 aromatic carbocycles. The van der Waals surface area contributed by atoms with Crippen LogP contribution in [0.25, 0.3) is 11.1 Å². The monoisotopic (exact) mass is 558 g/mol. The number of anilines is 1. The van der Waals surface area contributed by atoms with Gasteiger partial charge >= 0.3 is 0 Å². The number of halogens is 4. The zero-order valence-electron chi connectivity index (χ0n) is 19.3.